The molecule has 0 aromatic heterocycles. The summed E-state index contributed by atoms with van der Waals surface area (Å²) in [5.74, 6) is -3.90. The largest absolute Gasteiger partial charge is 0.481 e. The maximum atomic E-state index is 10.3. The van der Waals surface area contributed by atoms with E-state index in [1.807, 2.05) is 5.32 Å². The summed E-state index contributed by atoms with van der Waals surface area (Å²) in [6, 6.07) is -1.55. The lowest BCUT2D eigenvalue weighted by molar-refractivity contribution is -0.145. The zero-order valence-corrected chi connectivity index (χ0v) is 7.69. The summed E-state index contributed by atoms with van der Waals surface area (Å²) < 4.78 is 28.6. The minimum absolute atomic E-state index is 0.773. The molecule has 0 unspecified atom stereocenters. The molecule has 0 aromatic rings. The van der Waals surface area contributed by atoms with E-state index in [0.29, 0.717) is 0 Å². The van der Waals surface area contributed by atoms with Gasteiger partial charge < -0.3 is 10.2 Å². The Balaban J connectivity index is 4.25. The number of hydrogen-bond donors (Lipinski definition) is 4. The van der Waals surface area contributed by atoms with Gasteiger partial charge in [-0.05, 0) is 0 Å². The standard InChI is InChI=1S/C5H9NO7S/c7-4(8)1-3(5(9)10)6-2-14(11,12)13/h3,6H,1-2H2,(H,7,8)(H,9,10)(H,11,12,13)/t3-/m0/s1. The molecule has 4 N–H and O–H groups in total. The Morgan fingerprint density at radius 1 is 1.29 bits per heavy atom. The van der Waals surface area contributed by atoms with Crippen LogP contribution in [0.15, 0.2) is 0 Å². The summed E-state index contributed by atoms with van der Waals surface area (Å²) in [5.41, 5.74) is 0. The molecule has 0 heterocycles. The van der Waals surface area contributed by atoms with Gasteiger partial charge in [0.1, 0.15) is 11.9 Å². The summed E-state index contributed by atoms with van der Waals surface area (Å²) in [4.78, 5) is 20.5. The molecule has 0 rings (SSSR count). The smallest absolute Gasteiger partial charge is 0.321 e. The molecule has 0 bridgehead atoms. The van der Waals surface area contributed by atoms with Gasteiger partial charge in [0.15, 0.2) is 0 Å². The molecule has 0 amide bonds. The number of carbonyl (C=O) groups is 2. The molecule has 0 saturated carbocycles. The zero-order valence-electron chi connectivity index (χ0n) is 6.87. The molecule has 9 heteroatoms. The van der Waals surface area contributed by atoms with Crippen molar-refractivity contribution in [1.29, 1.82) is 0 Å². The fourth-order valence-electron chi connectivity index (χ4n) is 0.627. The lowest BCUT2D eigenvalue weighted by Gasteiger charge is -2.10. The second-order valence-electron chi connectivity index (χ2n) is 2.42. The highest BCUT2D eigenvalue weighted by molar-refractivity contribution is 7.85. The number of carboxylic acid groups (broad SMARTS) is 2. The van der Waals surface area contributed by atoms with Crippen LogP contribution in [0.25, 0.3) is 0 Å². The molecular weight excluding hydrogens is 218 g/mol. The number of aliphatic carboxylic acids is 2. The van der Waals surface area contributed by atoms with Crippen LogP contribution in [0.3, 0.4) is 0 Å². The molecule has 0 aliphatic heterocycles. The van der Waals surface area contributed by atoms with E-state index in [1.54, 1.807) is 0 Å². The van der Waals surface area contributed by atoms with Crippen LogP contribution in [0.5, 0.6) is 0 Å². The van der Waals surface area contributed by atoms with Crippen molar-refractivity contribution in [3.63, 3.8) is 0 Å². The third-order valence-corrected chi connectivity index (χ3v) is 1.72. The molecule has 0 aliphatic carbocycles. The first-order chi connectivity index (χ1) is 6.22. The maximum Gasteiger partial charge on any atom is 0.321 e. The summed E-state index contributed by atoms with van der Waals surface area (Å²) >= 11 is 0. The van der Waals surface area contributed by atoms with Gasteiger partial charge in [-0.1, -0.05) is 0 Å². The van der Waals surface area contributed by atoms with Crippen molar-refractivity contribution in [3.05, 3.63) is 0 Å². The molecule has 0 fully saturated rings. The second-order valence-corrected chi connectivity index (χ2v) is 3.87. The van der Waals surface area contributed by atoms with Crippen LogP contribution in [-0.2, 0) is 19.7 Å². The first-order valence-electron chi connectivity index (χ1n) is 3.35. The van der Waals surface area contributed by atoms with Crippen molar-refractivity contribution < 1.29 is 32.8 Å². The molecule has 0 radical (unpaired) electrons. The van der Waals surface area contributed by atoms with Crippen LogP contribution in [0.2, 0.25) is 0 Å². The molecule has 0 aliphatic rings. The van der Waals surface area contributed by atoms with E-state index in [0.717, 1.165) is 0 Å². The summed E-state index contributed by atoms with van der Waals surface area (Å²) in [6.07, 6.45) is -0.773. The monoisotopic (exact) mass is 227 g/mol. The van der Waals surface area contributed by atoms with Gasteiger partial charge in [0.2, 0.25) is 0 Å². The highest BCUT2D eigenvalue weighted by Gasteiger charge is 2.21. The number of hydrogen-bond acceptors (Lipinski definition) is 5. The molecule has 14 heavy (non-hydrogen) atoms. The van der Waals surface area contributed by atoms with Crippen LogP contribution in [0, 0.1) is 0 Å². The SMILES string of the molecule is O=C(O)C[C@H](NCS(=O)(=O)O)C(=O)O. The number of nitrogens with one attached hydrogen (secondary N) is 1. The van der Waals surface area contributed by atoms with Crippen LogP contribution >= 0.6 is 0 Å². The Kier molecular flexibility index (Phi) is 4.47. The third kappa shape index (κ3) is 6.34. The van der Waals surface area contributed by atoms with Crippen molar-refractivity contribution in [2.45, 2.75) is 12.5 Å². The lowest BCUT2D eigenvalue weighted by atomic mass is 10.2. The van der Waals surface area contributed by atoms with E-state index in [4.69, 9.17) is 14.8 Å². The Morgan fingerprint density at radius 3 is 2.07 bits per heavy atom. The van der Waals surface area contributed by atoms with E-state index in [1.165, 1.54) is 0 Å². The minimum Gasteiger partial charge on any atom is -0.481 e. The predicted octanol–water partition coefficient (Wildman–Crippen LogP) is -1.65. The topological polar surface area (TPSA) is 141 Å². The first kappa shape index (κ1) is 12.8. The third-order valence-electron chi connectivity index (χ3n) is 1.19. The molecule has 1 atom stereocenters. The van der Waals surface area contributed by atoms with Crippen molar-refractivity contribution >= 4 is 22.1 Å². The van der Waals surface area contributed by atoms with Crippen molar-refractivity contribution in [2.24, 2.45) is 0 Å². The van der Waals surface area contributed by atoms with Gasteiger partial charge in [-0.3, -0.25) is 19.5 Å². The molecular formula is C5H9NO7S. The van der Waals surface area contributed by atoms with E-state index in [9.17, 15) is 18.0 Å². The molecule has 82 valence electrons. The van der Waals surface area contributed by atoms with Gasteiger partial charge in [0.25, 0.3) is 10.1 Å². The van der Waals surface area contributed by atoms with Crippen LogP contribution in [0.4, 0.5) is 0 Å². The van der Waals surface area contributed by atoms with Crippen LogP contribution < -0.4 is 5.32 Å². The first-order valence-corrected chi connectivity index (χ1v) is 4.96. The van der Waals surface area contributed by atoms with Gasteiger partial charge in [0.05, 0.1) is 6.42 Å². The Hall–Kier alpha value is -1.19. The average molecular weight is 227 g/mol. The normalized spacial score (nSPS) is 13.5. The minimum atomic E-state index is -4.36. The quantitative estimate of drug-likeness (QED) is 0.395. The van der Waals surface area contributed by atoms with Gasteiger partial charge in [-0.15, -0.1) is 0 Å². The van der Waals surface area contributed by atoms with Gasteiger partial charge >= 0.3 is 11.9 Å². The van der Waals surface area contributed by atoms with Gasteiger partial charge in [-0.2, -0.15) is 8.42 Å². The van der Waals surface area contributed by atoms with E-state index >= 15 is 0 Å². The Morgan fingerprint density at radius 2 is 1.79 bits per heavy atom. The second kappa shape index (κ2) is 4.88. The maximum absolute atomic E-state index is 10.3. The predicted molar refractivity (Wildman–Crippen MR) is 43.2 cm³/mol. The van der Waals surface area contributed by atoms with Crippen molar-refractivity contribution in [2.75, 3.05) is 5.88 Å². The van der Waals surface area contributed by atoms with E-state index in [2.05, 4.69) is 0 Å². The summed E-state index contributed by atoms with van der Waals surface area (Å²) in [7, 11) is -4.36. The van der Waals surface area contributed by atoms with Gasteiger partial charge in [0, 0.05) is 0 Å². The fraction of sp³-hybridized carbons (Fsp3) is 0.600. The molecule has 8 nitrogen and oxygen atoms in total. The molecule has 0 aromatic carbocycles. The van der Waals surface area contributed by atoms with E-state index in [-0.39, 0.29) is 0 Å². The van der Waals surface area contributed by atoms with Crippen molar-refractivity contribution in [3.8, 4) is 0 Å². The van der Waals surface area contributed by atoms with Crippen LogP contribution in [0.1, 0.15) is 6.42 Å². The molecule has 0 spiro atoms. The Labute approximate surface area is 79.3 Å². The lowest BCUT2D eigenvalue weighted by Crippen LogP contribution is -2.41. The summed E-state index contributed by atoms with van der Waals surface area (Å²) in [6.45, 7) is 0. The highest BCUT2D eigenvalue weighted by Crippen LogP contribution is 1.93. The van der Waals surface area contributed by atoms with Crippen LogP contribution in [-0.4, -0.2) is 47.0 Å². The van der Waals surface area contributed by atoms with Crippen molar-refractivity contribution in [1.82, 2.24) is 5.32 Å². The van der Waals surface area contributed by atoms with E-state index < -0.39 is 40.4 Å². The number of carboxylic acids is 2. The highest BCUT2D eigenvalue weighted by atomic mass is 32.2. The zero-order chi connectivity index (χ0) is 11.4. The van der Waals surface area contributed by atoms with Gasteiger partial charge in [-0.25, -0.2) is 0 Å². The fourth-order valence-corrected chi connectivity index (χ4v) is 1.04. The molecule has 0 saturated heterocycles. The average Bonchev–Trinajstić information content (AvgIpc) is 1.94. The number of rotatable bonds is 6. The summed E-state index contributed by atoms with van der Waals surface area (Å²) in [5, 5.41) is 18.5. The Bertz CT molecular complexity index is 321.